The van der Waals surface area contributed by atoms with Gasteiger partial charge in [-0.3, -0.25) is 14.5 Å². The van der Waals surface area contributed by atoms with Gasteiger partial charge in [-0.15, -0.1) is 0 Å². The zero-order valence-electron chi connectivity index (χ0n) is 14.8. The van der Waals surface area contributed by atoms with E-state index in [4.69, 9.17) is 12.2 Å². The second kappa shape index (κ2) is 7.66. The normalized spacial score (nSPS) is 14.3. The van der Waals surface area contributed by atoms with Gasteiger partial charge >= 0.3 is 0 Å². The Morgan fingerprint density at radius 3 is 2.00 bits per heavy atom. The van der Waals surface area contributed by atoms with Crippen molar-refractivity contribution >= 4 is 46.2 Å². The number of carbonyl (C=O) groups is 2. The minimum Gasteiger partial charge on any atom is -0.332 e. The Hall–Kier alpha value is -2.73. The zero-order valence-corrected chi connectivity index (χ0v) is 15.7. The van der Waals surface area contributed by atoms with Crippen LogP contribution in [0.1, 0.15) is 30.4 Å². The third-order valence-corrected chi connectivity index (χ3v) is 4.35. The van der Waals surface area contributed by atoms with Crippen molar-refractivity contribution in [3.63, 3.8) is 0 Å². The number of carbonyl (C=O) groups excluding carboxylic acids is 2. The van der Waals surface area contributed by atoms with E-state index < -0.39 is 0 Å². The summed E-state index contributed by atoms with van der Waals surface area (Å²) in [5.41, 5.74) is 4.64. The van der Waals surface area contributed by atoms with Crippen molar-refractivity contribution in [3.05, 3.63) is 53.6 Å². The number of piperidine rings is 1. The molecule has 0 bridgehead atoms. The van der Waals surface area contributed by atoms with E-state index in [9.17, 15) is 9.59 Å². The molecule has 2 aromatic rings. The Labute approximate surface area is 158 Å². The van der Waals surface area contributed by atoms with Crippen molar-refractivity contribution in [2.24, 2.45) is 0 Å². The molecule has 1 heterocycles. The second-order valence-corrected chi connectivity index (χ2v) is 6.89. The Kier molecular flexibility index (Phi) is 5.32. The highest BCUT2D eigenvalue weighted by Gasteiger charge is 2.27. The first-order chi connectivity index (χ1) is 12.4. The molecule has 0 aromatic heterocycles. The Balaban J connectivity index is 1.66. The third kappa shape index (κ3) is 4.26. The summed E-state index contributed by atoms with van der Waals surface area (Å²) < 4.78 is 0. The van der Waals surface area contributed by atoms with Crippen LogP contribution in [0, 0.1) is 13.8 Å². The van der Waals surface area contributed by atoms with Crippen LogP contribution in [0.3, 0.4) is 0 Å². The Bertz CT molecular complexity index is 826. The zero-order chi connectivity index (χ0) is 18.7. The lowest BCUT2D eigenvalue weighted by atomic mass is 10.1. The van der Waals surface area contributed by atoms with E-state index >= 15 is 0 Å². The minimum absolute atomic E-state index is 0.144. The molecule has 1 fully saturated rings. The predicted octanol–water partition coefficient (Wildman–Crippen LogP) is 4.16. The van der Waals surface area contributed by atoms with Gasteiger partial charge in [0.25, 0.3) is 0 Å². The van der Waals surface area contributed by atoms with Crippen LogP contribution in [0.25, 0.3) is 0 Å². The quantitative estimate of drug-likeness (QED) is 0.630. The molecule has 0 saturated carbocycles. The molecule has 5 nitrogen and oxygen atoms in total. The summed E-state index contributed by atoms with van der Waals surface area (Å²) in [5, 5.41) is 6.76. The number of amides is 2. The smallest absolute Gasteiger partial charge is 0.233 e. The van der Waals surface area contributed by atoms with Crippen molar-refractivity contribution in [1.82, 2.24) is 0 Å². The van der Waals surface area contributed by atoms with E-state index in [1.165, 1.54) is 4.90 Å². The highest BCUT2D eigenvalue weighted by atomic mass is 32.1. The van der Waals surface area contributed by atoms with E-state index in [2.05, 4.69) is 16.7 Å². The first-order valence-corrected chi connectivity index (χ1v) is 8.95. The van der Waals surface area contributed by atoms with Crippen LogP contribution >= 0.6 is 12.2 Å². The number of aryl methyl sites for hydroxylation is 2. The molecular formula is C20H21N3O2S. The van der Waals surface area contributed by atoms with Gasteiger partial charge in [-0.05, 0) is 80.0 Å². The maximum atomic E-state index is 12.0. The molecule has 1 saturated heterocycles. The second-order valence-electron chi connectivity index (χ2n) is 6.48. The molecular weight excluding hydrogens is 346 g/mol. The molecule has 6 heteroatoms. The highest BCUT2D eigenvalue weighted by Crippen LogP contribution is 2.24. The Morgan fingerprint density at radius 2 is 1.42 bits per heavy atom. The number of nitrogens with one attached hydrogen (secondary N) is 2. The van der Waals surface area contributed by atoms with E-state index in [1.54, 1.807) is 24.3 Å². The van der Waals surface area contributed by atoms with E-state index in [0.29, 0.717) is 30.1 Å². The van der Waals surface area contributed by atoms with Crippen molar-refractivity contribution in [2.45, 2.75) is 33.1 Å². The van der Waals surface area contributed by atoms with Gasteiger partial charge in [0.15, 0.2) is 5.11 Å². The fourth-order valence-electron chi connectivity index (χ4n) is 3.08. The number of benzene rings is 2. The Morgan fingerprint density at radius 1 is 0.885 bits per heavy atom. The molecule has 0 aliphatic carbocycles. The van der Waals surface area contributed by atoms with Gasteiger partial charge in [0.1, 0.15) is 0 Å². The molecule has 3 rings (SSSR count). The summed E-state index contributed by atoms with van der Waals surface area (Å²) in [6.45, 7) is 4.08. The van der Waals surface area contributed by atoms with Crippen molar-refractivity contribution in [2.75, 3.05) is 15.5 Å². The molecule has 1 aliphatic rings. The molecule has 2 amide bonds. The third-order valence-electron chi connectivity index (χ3n) is 4.14. The van der Waals surface area contributed by atoms with Crippen LogP contribution in [-0.2, 0) is 9.59 Å². The molecule has 0 atom stereocenters. The molecule has 0 radical (unpaired) electrons. The van der Waals surface area contributed by atoms with Gasteiger partial charge in [-0.1, -0.05) is 6.07 Å². The van der Waals surface area contributed by atoms with Gasteiger partial charge in [0.05, 0.1) is 5.69 Å². The molecule has 2 aromatic carbocycles. The molecule has 26 heavy (non-hydrogen) atoms. The van der Waals surface area contributed by atoms with E-state index in [1.807, 2.05) is 26.0 Å². The average Bonchev–Trinajstić information content (AvgIpc) is 2.55. The maximum Gasteiger partial charge on any atom is 0.233 e. The van der Waals surface area contributed by atoms with E-state index in [0.717, 1.165) is 22.5 Å². The summed E-state index contributed by atoms with van der Waals surface area (Å²) in [6, 6.07) is 13.3. The summed E-state index contributed by atoms with van der Waals surface area (Å²) in [6.07, 6.45) is 1.46. The first kappa shape index (κ1) is 18.1. The van der Waals surface area contributed by atoms with Crippen LogP contribution in [0.5, 0.6) is 0 Å². The predicted molar refractivity (Wildman–Crippen MR) is 109 cm³/mol. The number of imide groups is 1. The average molecular weight is 367 g/mol. The summed E-state index contributed by atoms with van der Waals surface area (Å²) in [5.74, 6) is -0.289. The van der Waals surface area contributed by atoms with Gasteiger partial charge < -0.3 is 10.6 Å². The van der Waals surface area contributed by atoms with Crippen LogP contribution in [0.15, 0.2) is 42.5 Å². The standard InChI is InChI=1S/C20H21N3O2S/c1-13-10-14(2)12-16(11-13)22-20(26)21-15-6-8-17(9-7-15)23-18(24)4-3-5-19(23)25/h6-12H,3-5H2,1-2H3,(H2,21,22,26). The number of nitrogens with zero attached hydrogens (tertiary/aromatic N) is 1. The molecule has 1 aliphatic heterocycles. The fraction of sp³-hybridized carbons (Fsp3) is 0.250. The fourth-order valence-corrected chi connectivity index (χ4v) is 3.31. The molecule has 0 spiro atoms. The van der Waals surface area contributed by atoms with Crippen LogP contribution in [0.2, 0.25) is 0 Å². The highest BCUT2D eigenvalue weighted by molar-refractivity contribution is 7.80. The van der Waals surface area contributed by atoms with Crippen molar-refractivity contribution in [1.29, 1.82) is 0 Å². The minimum atomic E-state index is -0.144. The lowest BCUT2D eigenvalue weighted by Crippen LogP contribution is -2.40. The number of hydrogen-bond acceptors (Lipinski definition) is 3. The van der Waals surface area contributed by atoms with Crippen molar-refractivity contribution in [3.8, 4) is 0 Å². The lowest BCUT2D eigenvalue weighted by Gasteiger charge is -2.25. The van der Waals surface area contributed by atoms with Crippen LogP contribution in [0.4, 0.5) is 17.1 Å². The van der Waals surface area contributed by atoms with Crippen molar-refractivity contribution < 1.29 is 9.59 Å². The topological polar surface area (TPSA) is 61.4 Å². The number of anilines is 3. The number of hydrogen-bond donors (Lipinski definition) is 2. The van der Waals surface area contributed by atoms with Gasteiger partial charge in [0, 0.05) is 24.2 Å². The number of thiocarbonyl (C=S) groups is 1. The van der Waals surface area contributed by atoms with Gasteiger partial charge in [-0.25, -0.2) is 0 Å². The molecule has 0 unspecified atom stereocenters. The lowest BCUT2D eigenvalue weighted by molar-refractivity contribution is -0.129. The van der Waals surface area contributed by atoms with E-state index in [-0.39, 0.29) is 11.8 Å². The summed E-state index contributed by atoms with van der Waals surface area (Å²) >= 11 is 5.36. The van der Waals surface area contributed by atoms with Crippen LogP contribution in [-0.4, -0.2) is 16.9 Å². The largest absolute Gasteiger partial charge is 0.332 e. The number of rotatable bonds is 3. The molecule has 134 valence electrons. The van der Waals surface area contributed by atoms with Gasteiger partial charge in [-0.2, -0.15) is 0 Å². The molecule has 2 N–H and O–H groups in total. The SMILES string of the molecule is Cc1cc(C)cc(NC(=S)Nc2ccc(N3C(=O)CCCC3=O)cc2)c1. The van der Waals surface area contributed by atoms with Gasteiger partial charge in [0.2, 0.25) is 11.8 Å². The summed E-state index contributed by atoms with van der Waals surface area (Å²) in [7, 11) is 0. The first-order valence-electron chi connectivity index (χ1n) is 8.54. The summed E-state index contributed by atoms with van der Waals surface area (Å²) in [4.78, 5) is 25.2. The van der Waals surface area contributed by atoms with Crippen LogP contribution < -0.4 is 15.5 Å². The maximum absolute atomic E-state index is 12.0. The monoisotopic (exact) mass is 367 g/mol.